The van der Waals surface area contributed by atoms with E-state index in [2.05, 4.69) is 10.3 Å². The van der Waals surface area contributed by atoms with Crippen molar-refractivity contribution >= 4 is 17.5 Å². The van der Waals surface area contributed by atoms with Gasteiger partial charge >= 0.3 is 0 Å². The van der Waals surface area contributed by atoms with Gasteiger partial charge in [0.05, 0.1) is 7.11 Å². The third-order valence-electron chi connectivity index (χ3n) is 2.82. The molecular weight excluding hydrogens is 276 g/mol. The van der Waals surface area contributed by atoms with Crippen LogP contribution in [0.25, 0.3) is 0 Å². The topological polar surface area (TPSA) is 51.2 Å². The number of aromatic nitrogens is 1. The van der Waals surface area contributed by atoms with Gasteiger partial charge in [0.2, 0.25) is 0 Å². The summed E-state index contributed by atoms with van der Waals surface area (Å²) in [6.45, 7) is 0.492. The lowest BCUT2D eigenvalue weighted by atomic mass is 10.1. The van der Waals surface area contributed by atoms with Crippen molar-refractivity contribution < 1.29 is 9.53 Å². The molecule has 1 amide bonds. The standard InChI is InChI=1S/C15H15ClN2O2/c1-20-14-6-5-12(16)10-11(14)7-9-18-15(19)13-4-2-3-8-17-13/h2-6,8,10H,7,9H2,1H3,(H,18,19). The Morgan fingerprint density at radius 2 is 2.20 bits per heavy atom. The fraction of sp³-hybridized carbons (Fsp3) is 0.200. The second-order valence-electron chi connectivity index (χ2n) is 4.18. The van der Waals surface area contributed by atoms with Gasteiger partial charge in [0.15, 0.2) is 0 Å². The molecule has 0 aliphatic rings. The van der Waals surface area contributed by atoms with E-state index in [4.69, 9.17) is 16.3 Å². The van der Waals surface area contributed by atoms with E-state index in [1.165, 1.54) is 0 Å². The molecule has 1 heterocycles. The summed E-state index contributed by atoms with van der Waals surface area (Å²) in [7, 11) is 1.61. The number of pyridine rings is 1. The number of nitrogens with zero attached hydrogens (tertiary/aromatic N) is 1. The largest absolute Gasteiger partial charge is 0.496 e. The first-order valence-corrected chi connectivity index (χ1v) is 6.60. The van der Waals surface area contributed by atoms with Gasteiger partial charge in [-0.3, -0.25) is 9.78 Å². The van der Waals surface area contributed by atoms with Crippen LogP contribution in [0.1, 0.15) is 16.1 Å². The van der Waals surface area contributed by atoms with Crippen molar-refractivity contribution in [3.8, 4) is 5.75 Å². The molecule has 0 unspecified atom stereocenters. The Morgan fingerprint density at radius 1 is 1.35 bits per heavy atom. The first-order valence-electron chi connectivity index (χ1n) is 6.22. The Kier molecular flexibility index (Phi) is 4.96. The molecule has 0 spiro atoms. The molecule has 0 radical (unpaired) electrons. The molecule has 0 aliphatic carbocycles. The number of benzene rings is 1. The number of methoxy groups -OCH3 is 1. The van der Waals surface area contributed by atoms with Gasteiger partial charge in [0.1, 0.15) is 11.4 Å². The van der Waals surface area contributed by atoms with Crippen LogP contribution in [0.3, 0.4) is 0 Å². The van der Waals surface area contributed by atoms with Gasteiger partial charge in [-0.2, -0.15) is 0 Å². The first kappa shape index (κ1) is 14.3. The van der Waals surface area contributed by atoms with Crippen LogP contribution in [0.2, 0.25) is 5.02 Å². The number of carbonyl (C=O) groups is 1. The zero-order valence-corrected chi connectivity index (χ0v) is 11.9. The number of halogens is 1. The molecule has 1 N–H and O–H groups in total. The molecule has 104 valence electrons. The maximum absolute atomic E-state index is 11.8. The van der Waals surface area contributed by atoms with Gasteiger partial charge in [0.25, 0.3) is 5.91 Å². The summed E-state index contributed by atoms with van der Waals surface area (Å²) in [5.74, 6) is 0.577. The van der Waals surface area contributed by atoms with Crippen LogP contribution < -0.4 is 10.1 Å². The third kappa shape index (κ3) is 3.71. The van der Waals surface area contributed by atoms with E-state index < -0.39 is 0 Å². The molecule has 0 bridgehead atoms. The Balaban J connectivity index is 1.93. The van der Waals surface area contributed by atoms with Crippen molar-refractivity contribution in [2.24, 2.45) is 0 Å². The smallest absolute Gasteiger partial charge is 0.269 e. The second-order valence-corrected chi connectivity index (χ2v) is 4.61. The van der Waals surface area contributed by atoms with Crippen molar-refractivity contribution in [1.82, 2.24) is 10.3 Å². The number of hydrogen-bond donors (Lipinski definition) is 1. The lowest BCUT2D eigenvalue weighted by Gasteiger charge is -2.09. The molecule has 2 aromatic rings. The van der Waals surface area contributed by atoms with Crippen LogP contribution in [0.4, 0.5) is 0 Å². The number of ether oxygens (including phenoxy) is 1. The Hall–Kier alpha value is -2.07. The number of rotatable bonds is 5. The average molecular weight is 291 g/mol. The predicted molar refractivity (Wildman–Crippen MR) is 78.3 cm³/mol. The van der Waals surface area contributed by atoms with Crippen molar-refractivity contribution in [3.05, 3.63) is 58.9 Å². The Morgan fingerprint density at radius 3 is 2.90 bits per heavy atom. The zero-order chi connectivity index (χ0) is 14.4. The molecule has 2 rings (SSSR count). The highest BCUT2D eigenvalue weighted by Gasteiger charge is 2.07. The van der Waals surface area contributed by atoms with E-state index in [0.717, 1.165) is 11.3 Å². The maximum atomic E-state index is 11.8. The normalized spacial score (nSPS) is 10.1. The minimum Gasteiger partial charge on any atom is -0.496 e. The molecule has 0 saturated heterocycles. The van der Waals surface area contributed by atoms with Crippen molar-refractivity contribution in [2.45, 2.75) is 6.42 Å². The molecule has 20 heavy (non-hydrogen) atoms. The molecule has 1 aromatic heterocycles. The van der Waals surface area contributed by atoms with Gasteiger partial charge in [-0.05, 0) is 42.3 Å². The van der Waals surface area contributed by atoms with Crippen molar-refractivity contribution in [3.63, 3.8) is 0 Å². The van der Waals surface area contributed by atoms with E-state index >= 15 is 0 Å². The van der Waals surface area contributed by atoms with E-state index in [0.29, 0.717) is 23.7 Å². The van der Waals surface area contributed by atoms with E-state index in [9.17, 15) is 4.79 Å². The second kappa shape index (κ2) is 6.91. The van der Waals surface area contributed by atoms with Gasteiger partial charge in [-0.15, -0.1) is 0 Å². The molecule has 1 aromatic carbocycles. The van der Waals surface area contributed by atoms with E-state index in [1.54, 1.807) is 37.6 Å². The number of amides is 1. The summed E-state index contributed by atoms with van der Waals surface area (Å²) in [4.78, 5) is 15.8. The average Bonchev–Trinajstić information content (AvgIpc) is 2.48. The van der Waals surface area contributed by atoms with Crippen molar-refractivity contribution in [2.75, 3.05) is 13.7 Å². The zero-order valence-electron chi connectivity index (χ0n) is 11.1. The Bertz CT molecular complexity index is 588. The number of hydrogen-bond acceptors (Lipinski definition) is 3. The quantitative estimate of drug-likeness (QED) is 0.921. The first-order chi connectivity index (χ1) is 9.70. The molecular formula is C15H15ClN2O2. The van der Waals surface area contributed by atoms with Crippen LogP contribution in [0.15, 0.2) is 42.6 Å². The van der Waals surface area contributed by atoms with E-state index in [-0.39, 0.29) is 5.91 Å². The fourth-order valence-corrected chi connectivity index (χ4v) is 2.04. The number of nitrogens with one attached hydrogen (secondary N) is 1. The fourth-order valence-electron chi connectivity index (χ4n) is 1.84. The molecule has 0 saturated carbocycles. The lowest BCUT2D eigenvalue weighted by molar-refractivity contribution is 0.0949. The molecule has 4 nitrogen and oxygen atoms in total. The summed E-state index contributed by atoms with van der Waals surface area (Å²) < 4.78 is 5.26. The van der Waals surface area contributed by atoms with Crippen LogP contribution in [0, 0.1) is 0 Å². The predicted octanol–water partition coefficient (Wildman–Crippen LogP) is 2.72. The van der Waals surface area contributed by atoms with Crippen LogP contribution in [-0.4, -0.2) is 24.5 Å². The summed E-state index contributed by atoms with van der Waals surface area (Å²) >= 11 is 5.96. The van der Waals surface area contributed by atoms with Gasteiger partial charge in [0, 0.05) is 17.8 Å². The minimum atomic E-state index is -0.188. The summed E-state index contributed by atoms with van der Waals surface area (Å²) in [5.41, 5.74) is 1.37. The highest BCUT2D eigenvalue weighted by Crippen LogP contribution is 2.22. The summed E-state index contributed by atoms with van der Waals surface area (Å²) in [6, 6.07) is 10.7. The highest BCUT2D eigenvalue weighted by molar-refractivity contribution is 6.30. The monoisotopic (exact) mass is 290 g/mol. The minimum absolute atomic E-state index is 0.188. The molecule has 0 aliphatic heterocycles. The Labute approximate surface area is 122 Å². The lowest BCUT2D eigenvalue weighted by Crippen LogP contribution is -2.26. The maximum Gasteiger partial charge on any atom is 0.269 e. The van der Waals surface area contributed by atoms with Crippen LogP contribution >= 0.6 is 11.6 Å². The molecule has 5 heteroatoms. The third-order valence-corrected chi connectivity index (χ3v) is 3.05. The molecule has 0 atom stereocenters. The van der Waals surface area contributed by atoms with E-state index in [1.807, 2.05) is 12.1 Å². The molecule has 0 fully saturated rings. The van der Waals surface area contributed by atoms with Gasteiger partial charge in [-0.25, -0.2) is 0 Å². The van der Waals surface area contributed by atoms with Crippen LogP contribution in [-0.2, 0) is 6.42 Å². The summed E-state index contributed by atoms with van der Waals surface area (Å²) in [6.07, 6.45) is 2.23. The van der Waals surface area contributed by atoms with Gasteiger partial charge in [-0.1, -0.05) is 17.7 Å². The van der Waals surface area contributed by atoms with Gasteiger partial charge < -0.3 is 10.1 Å². The van der Waals surface area contributed by atoms with Crippen LogP contribution in [0.5, 0.6) is 5.75 Å². The summed E-state index contributed by atoms with van der Waals surface area (Å²) in [5, 5.41) is 3.47. The highest BCUT2D eigenvalue weighted by atomic mass is 35.5. The number of carbonyl (C=O) groups excluding carboxylic acids is 1. The SMILES string of the molecule is COc1ccc(Cl)cc1CCNC(=O)c1ccccn1. The van der Waals surface area contributed by atoms with Crippen molar-refractivity contribution in [1.29, 1.82) is 0 Å².